The number of para-hydroxylation sites is 1. The van der Waals surface area contributed by atoms with E-state index >= 15 is 0 Å². The van der Waals surface area contributed by atoms with Gasteiger partial charge < -0.3 is 4.74 Å². The van der Waals surface area contributed by atoms with E-state index < -0.39 is 6.09 Å². The van der Waals surface area contributed by atoms with Gasteiger partial charge in [0, 0.05) is 5.56 Å². The van der Waals surface area contributed by atoms with Crippen molar-refractivity contribution in [2.24, 2.45) is 0 Å². The maximum atomic E-state index is 11.0. The van der Waals surface area contributed by atoms with Crippen LogP contribution in [-0.2, 0) is 0 Å². The van der Waals surface area contributed by atoms with Gasteiger partial charge in [-0.2, -0.15) is 0 Å². The molecule has 2 rings (SSSR count). The van der Waals surface area contributed by atoms with E-state index in [4.69, 9.17) is 4.74 Å². The topological polar surface area (TPSA) is 38.3 Å². The predicted molar refractivity (Wildman–Crippen MR) is 49.3 cm³/mol. The second-order valence-corrected chi connectivity index (χ2v) is 2.71. The minimum atomic E-state index is -0.424. The van der Waals surface area contributed by atoms with Crippen LogP contribution in [0.15, 0.2) is 30.3 Å². The second kappa shape index (κ2) is 2.94. The molecular weight excluding hydrogens is 166 g/mol. The molecule has 0 bridgehead atoms. The van der Waals surface area contributed by atoms with Crippen molar-refractivity contribution in [3.8, 4) is 5.75 Å². The van der Waals surface area contributed by atoms with Crippen LogP contribution in [0.3, 0.4) is 0 Å². The van der Waals surface area contributed by atoms with Gasteiger partial charge in [0.15, 0.2) is 0 Å². The minimum absolute atomic E-state index is 0.424. The molecule has 1 heterocycles. The number of amides is 1. The lowest BCUT2D eigenvalue weighted by atomic mass is 10.1. The Kier molecular flexibility index (Phi) is 1.77. The lowest BCUT2D eigenvalue weighted by Gasteiger charge is -2.18. The van der Waals surface area contributed by atoms with E-state index in [0.717, 1.165) is 11.3 Å². The molecule has 0 spiro atoms. The van der Waals surface area contributed by atoms with Crippen LogP contribution in [0.4, 0.5) is 4.79 Å². The summed E-state index contributed by atoms with van der Waals surface area (Å²) in [7, 11) is 0. The van der Waals surface area contributed by atoms with E-state index in [2.05, 4.69) is 5.32 Å². The fourth-order valence-corrected chi connectivity index (χ4v) is 1.31. The Hall–Kier alpha value is -1.77. The minimum Gasteiger partial charge on any atom is -0.409 e. The van der Waals surface area contributed by atoms with Gasteiger partial charge in [-0.05, 0) is 19.1 Å². The predicted octanol–water partition coefficient (Wildman–Crippen LogP) is 2.15. The number of nitrogens with one attached hydrogen (secondary N) is 1. The van der Waals surface area contributed by atoms with Crippen LogP contribution in [0.25, 0.3) is 5.70 Å². The zero-order valence-electron chi connectivity index (χ0n) is 7.20. The molecule has 0 saturated heterocycles. The Morgan fingerprint density at radius 3 is 2.92 bits per heavy atom. The van der Waals surface area contributed by atoms with Gasteiger partial charge >= 0.3 is 6.09 Å². The molecule has 3 heteroatoms. The van der Waals surface area contributed by atoms with Crippen molar-refractivity contribution in [1.29, 1.82) is 0 Å². The van der Waals surface area contributed by atoms with E-state index in [1.807, 2.05) is 31.2 Å². The van der Waals surface area contributed by atoms with Gasteiger partial charge in [-0.1, -0.05) is 18.2 Å². The first-order chi connectivity index (χ1) is 6.31. The van der Waals surface area contributed by atoms with Crippen LogP contribution < -0.4 is 10.1 Å². The summed E-state index contributed by atoms with van der Waals surface area (Å²) in [4.78, 5) is 11.0. The highest BCUT2D eigenvalue weighted by molar-refractivity contribution is 5.89. The third-order valence-electron chi connectivity index (χ3n) is 1.91. The molecule has 0 atom stereocenters. The standard InChI is InChI=1S/C10H9NO2/c1-2-8-7-5-3-4-6-9(7)13-10(12)11-8/h2-6H,1H3,(H,11,12)/b8-2-. The van der Waals surface area contributed by atoms with Gasteiger partial charge in [0.05, 0.1) is 5.70 Å². The summed E-state index contributed by atoms with van der Waals surface area (Å²) in [6, 6.07) is 7.43. The van der Waals surface area contributed by atoms with Gasteiger partial charge in [-0.25, -0.2) is 4.79 Å². The van der Waals surface area contributed by atoms with Crippen LogP contribution in [0.1, 0.15) is 12.5 Å². The summed E-state index contributed by atoms with van der Waals surface area (Å²) in [5, 5.41) is 2.62. The molecule has 0 saturated carbocycles. The highest BCUT2D eigenvalue weighted by Crippen LogP contribution is 2.27. The zero-order chi connectivity index (χ0) is 9.26. The van der Waals surface area contributed by atoms with Crippen molar-refractivity contribution < 1.29 is 9.53 Å². The molecule has 1 aliphatic rings. The van der Waals surface area contributed by atoms with Crippen LogP contribution in [0.2, 0.25) is 0 Å². The smallest absolute Gasteiger partial charge is 0.409 e. The number of rotatable bonds is 0. The lowest BCUT2D eigenvalue weighted by molar-refractivity contribution is 0.203. The number of hydrogen-bond acceptors (Lipinski definition) is 2. The highest BCUT2D eigenvalue weighted by atomic mass is 16.6. The summed E-state index contributed by atoms with van der Waals surface area (Å²) >= 11 is 0. The van der Waals surface area contributed by atoms with E-state index in [1.165, 1.54) is 0 Å². The Labute approximate surface area is 76.0 Å². The Morgan fingerprint density at radius 1 is 1.38 bits per heavy atom. The normalized spacial score (nSPS) is 17.6. The van der Waals surface area contributed by atoms with Crippen molar-refractivity contribution in [2.75, 3.05) is 0 Å². The second-order valence-electron chi connectivity index (χ2n) is 2.71. The van der Waals surface area contributed by atoms with E-state index in [9.17, 15) is 4.79 Å². The number of ether oxygens (including phenoxy) is 1. The number of hydrogen-bond donors (Lipinski definition) is 1. The summed E-state index contributed by atoms with van der Waals surface area (Å²) < 4.78 is 4.97. The molecule has 0 aromatic heterocycles. The molecule has 0 aliphatic carbocycles. The van der Waals surface area contributed by atoms with Gasteiger partial charge in [0.2, 0.25) is 0 Å². The third kappa shape index (κ3) is 1.28. The largest absolute Gasteiger partial charge is 0.417 e. The van der Waals surface area contributed by atoms with Crippen molar-refractivity contribution in [1.82, 2.24) is 5.32 Å². The molecule has 66 valence electrons. The summed E-state index contributed by atoms with van der Waals surface area (Å²) in [6.45, 7) is 1.87. The molecule has 0 radical (unpaired) electrons. The Balaban J connectivity index is 2.55. The summed E-state index contributed by atoms with van der Waals surface area (Å²) in [5.74, 6) is 0.611. The summed E-state index contributed by atoms with van der Waals surface area (Å²) in [5.41, 5.74) is 1.72. The maximum Gasteiger partial charge on any atom is 0.417 e. The molecule has 1 aromatic rings. The fourth-order valence-electron chi connectivity index (χ4n) is 1.31. The van der Waals surface area contributed by atoms with Crippen molar-refractivity contribution in [2.45, 2.75) is 6.92 Å². The first kappa shape index (κ1) is 7.86. The van der Waals surface area contributed by atoms with Crippen LogP contribution in [0.5, 0.6) is 5.75 Å². The zero-order valence-corrected chi connectivity index (χ0v) is 7.20. The number of carbonyl (C=O) groups excluding carboxylic acids is 1. The van der Waals surface area contributed by atoms with Gasteiger partial charge in [0.25, 0.3) is 0 Å². The van der Waals surface area contributed by atoms with E-state index in [-0.39, 0.29) is 0 Å². The Bertz CT molecular complexity index is 382. The van der Waals surface area contributed by atoms with Gasteiger partial charge in [0.1, 0.15) is 5.75 Å². The number of benzene rings is 1. The number of fused-ring (bicyclic) bond motifs is 1. The van der Waals surface area contributed by atoms with E-state index in [0.29, 0.717) is 5.75 Å². The SMILES string of the molecule is C/C=C1\NC(=O)Oc2ccccc21. The van der Waals surface area contributed by atoms with Crippen molar-refractivity contribution >= 4 is 11.8 Å². The molecule has 1 aliphatic heterocycles. The molecule has 13 heavy (non-hydrogen) atoms. The van der Waals surface area contributed by atoms with Crippen LogP contribution >= 0.6 is 0 Å². The molecule has 1 aromatic carbocycles. The quantitative estimate of drug-likeness (QED) is 0.656. The van der Waals surface area contributed by atoms with Gasteiger partial charge in [-0.3, -0.25) is 5.32 Å². The first-order valence-corrected chi connectivity index (χ1v) is 4.06. The number of carbonyl (C=O) groups is 1. The summed E-state index contributed by atoms with van der Waals surface area (Å²) in [6.07, 6.45) is 1.42. The molecule has 0 fully saturated rings. The van der Waals surface area contributed by atoms with Crippen molar-refractivity contribution in [3.05, 3.63) is 35.9 Å². The van der Waals surface area contributed by atoms with Gasteiger partial charge in [-0.15, -0.1) is 0 Å². The molecule has 3 nitrogen and oxygen atoms in total. The fraction of sp³-hybridized carbons (Fsp3) is 0.100. The molecule has 1 N–H and O–H groups in total. The first-order valence-electron chi connectivity index (χ1n) is 4.06. The van der Waals surface area contributed by atoms with Crippen molar-refractivity contribution in [3.63, 3.8) is 0 Å². The Morgan fingerprint density at radius 2 is 2.15 bits per heavy atom. The molecule has 0 unspecified atom stereocenters. The monoisotopic (exact) mass is 175 g/mol. The van der Waals surface area contributed by atoms with Crippen LogP contribution in [-0.4, -0.2) is 6.09 Å². The van der Waals surface area contributed by atoms with E-state index in [1.54, 1.807) is 6.07 Å². The highest BCUT2D eigenvalue weighted by Gasteiger charge is 2.18. The average Bonchev–Trinajstić information content (AvgIpc) is 2.16. The number of allylic oxidation sites excluding steroid dienone is 1. The lowest BCUT2D eigenvalue weighted by Crippen LogP contribution is -2.30. The third-order valence-corrected chi connectivity index (χ3v) is 1.91. The molecule has 1 amide bonds. The van der Waals surface area contributed by atoms with Crippen LogP contribution in [0, 0.1) is 0 Å². The maximum absolute atomic E-state index is 11.0. The molecular formula is C10H9NO2. The average molecular weight is 175 g/mol.